The molecule has 0 aliphatic rings. The van der Waals surface area contributed by atoms with Crippen LogP contribution in [0.2, 0.25) is 0 Å². The van der Waals surface area contributed by atoms with E-state index in [2.05, 4.69) is 0 Å². The molecule has 0 spiro atoms. The highest BCUT2D eigenvalue weighted by Gasteiger charge is 2.29. The molecule has 0 unspecified atom stereocenters. The molecule has 1 aromatic carbocycles. The Kier molecular flexibility index (Phi) is 2.81. The van der Waals surface area contributed by atoms with E-state index in [1.807, 2.05) is 0 Å². The normalized spacial score (nSPS) is 10.1. The average Bonchev–Trinajstić information content (AvgIpc) is 2.07. The van der Waals surface area contributed by atoms with Gasteiger partial charge in [0, 0.05) is 5.56 Å². The van der Waals surface area contributed by atoms with E-state index in [0.717, 1.165) is 12.1 Å². The molecule has 0 amide bonds. The van der Waals surface area contributed by atoms with Crippen molar-refractivity contribution in [2.75, 3.05) is 0 Å². The second kappa shape index (κ2) is 3.87. The van der Waals surface area contributed by atoms with Crippen LogP contribution in [0.3, 0.4) is 0 Å². The Labute approximate surface area is 78.6 Å². The maximum atomic E-state index is 13.0. The van der Waals surface area contributed by atoms with Crippen molar-refractivity contribution >= 4 is 11.9 Å². The van der Waals surface area contributed by atoms with Crippen molar-refractivity contribution < 1.29 is 24.2 Å². The van der Waals surface area contributed by atoms with Gasteiger partial charge in [0.2, 0.25) is 0 Å². The Bertz CT molecular complexity index is 361. The van der Waals surface area contributed by atoms with Gasteiger partial charge in [0.05, 0.1) is 0 Å². The summed E-state index contributed by atoms with van der Waals surface area (Å²) in [7, 11) is 0. The molecule has 0 aliphatic heterocycles. The van der Waals surface area contributed by atoms with Gasteiger partial charge in [-0.2, -0.15) is 0 Å². The number of aliphatic carboxylic acids is 2. The molecular formula is C9H7FO4. The average molecular weight is 198 g/mol. The maximum Gasteiger partial charge on any atom is 0.322 e. The Morgan fingerprint density at radius 3 is 2.07 bits per heavy atom. The summed E-state index contributed by atoms with van der Waals surface area (Å²) < 4.78 is 13.0. The number of carboxylic acids is 2. The third-order valence-electron chi connectivity index (χ3n) is 1.71. The highest BCUT2D eigenvalue weighted by molar-refractivity contribution is 5.99. The number of hydrogen-bond donors (Lipinski definition) is 2. The summed E-state index contributed by atoms with van der Waals surface area (Å²) in [6.45, 7) is 0. The highest BCUT2D eigenvalue weighted by Crippen LogP contribution is 2.19. The first-order chi connectivity index (χ1) is 6.54. The molecule has 0 saturated carbocycles. The molecule has 0 aliphatic carbocycles. The first kappa shape index (κ1) is 10.2. The van der Waals surface area contributed by atoms with Gasteiger partial charge < -0.3 is 10.2 Å². The minimum atomic E-state index is -1.85. The fraction of sp³-hybridized carbons (Fsp3) is 0.111. The highest BCUT2D eigenvalue weighted by atomic mass is 19.1. The number of carbonyl (C=O) groups is 2. The molecular weight excluding hydrogens is 191 g/mol. The molecule has 0 aromatic heterocycles. The van der Waals surface area contributed by atoms with Crippen molar-refractivity contribution in [3.8, 4) is 0 Å². The Hall–Kier alpha value is -1.91. The summed E-state index contributed by atoms with van der Waals surface area (Å²) in [5, 5.41) is 17.1. The Morgan fingerprint density at radius 1 is 1.14 bits per heavy atom. The summed E-state index contributed by atoms with van der Waals surface area (Å²) in [6.07, 6.45) is 0. The molecule has 2 N–H and O–H groups in total. The Balaban J connectivity index is 3.18. The fourth-order valence-corrected chi connectivity index (χ4v) is 1.08. The third kappa shape index (κ3) is 1.87. The smallest absolute Gasteiger partial charge is 0.322 e. The number of halogens is 1. The molecule has 0 saturated heterocycles. The lowest BCUT2D eigenvalue weighted by Gasteiger charge is -2.07. The summed E-state index contributed by atoms with van der Waals surface area (Å²) >= 11 is 0. The molecule has 0 bridgehead atoms. The fourth-order valence-electron chi connectivity index (χ4n) is 1.08. The maximum absolute atomic E-state index is 13.0. The van der Waals surface area contributed by atoms with E-state index in [-0.39, 0.29) is 5.56 Å². The van der Waals surface area contributed by atoms with E-state index < -0.39 is 23.7 Å². The van der Waals surface area contributed by atoms with E-state index in [1.165, 1.54) is 12.1 Å². The van der Waals surface area contributed by atoms with Crippen LogP contribution in [0.4, 0.5) is 4.39 Å². The van der Waals surface area contributed by atoms with Crippen LogP contribution < -0.4 is 0 Å². The summed E-state index contributed by atoms with van der Waals surface area (Å²) in [5.74, 6) is -5.84. The molecule has 14 heavy (non-hydrogen) atoms. The lowest BCUT2D eigenvalue weighted by Crippen LogP contribution is -2.22. The molecule has 1 aromatic rings. The molecule has 74 valence electrons. The summed E-state index contributed by atoms with van der Waals surface area (Å²) in [6, 6.07) is 4.91. The third-order valence-corrected chi connectivity index (χ3v) is 1.71. The van der Waals surface area contributed by atoms with Gasteiger partial charge in [-0.1, -0.05) is 18.2 Å². The number of carboxylic acid groups (broad SMARTS) is 2. The van der Waals surface area contributed by atoms with Crippen LogP contribution >= 0.6 is 0 Å². The predicted octanol–water partition coefficient (Wildman–Crippen LogP) is 1.08. The van der Waals surface area contributed by atoms with Gasteiger partial charge in [0.1, 0.15) is 5.82 Å². The zero-order valence-electron chi connectivity index (χ0n) is 6.98. The molecule has 0 radical (unpaired) electrons. The van der Waals surface area contributed by atoms with Gasteiger partial charge in [0.15, 0.2) is 5.92 Å². The molecule has 1 rings (SSSR count). The molecule has 5 heteroatoms. The van der Waals surface area contributed by atoms with Crippen LogP contribution in [0.1, 0.15) is 11.5 Å². The van der Waals surface area contributed by atoms with Gasteiger partial charge in [-0.25, -0.2) is 4.39 Å². The van der Waals surface area contributed by atoms with Crippen LogP contribution in [0.25, 0.3) is 0 Å². The van der Waals surface area contributed by atoms with Gasteiger partial charge in [-0.05, 0) is 6.07 Å². The van der Waals surface area contributed by atoms with Crippen LogP contribution in [-0.4, -0.2) is 22.2 Å². The lowest BCUT2D eigenvalue weighted by atomic mass is 9.99. The first-order valence-corrected chi connectivity index (χ1v) is 3.74. The van der Waals surface area contributed by atoms with Crippen molar-refractivity contribution in [1.29, 1.82) is 0 Å². The van der Waals surface area contributed by atoms with Crippen LogP contribution in [0, 0.1) is 5.82 Å². The molecule has 0 fully saturated rings. The van der Waals surface area contributed by atoms with E-state index in [1.54, 1.807) is 0 Å². The van der Waals surface area contributed by atoms with Gasteiger partial charge >= 0.3 is 11.9 Å². The van der Waals surface area contributed by atoms with E-state index >= 15 is 0 Å². The van der Waals surface area contributed by atoms with E-state index in [9.17, 15) is 14.0 Å². The molecule has 4 nitrogen and oxygen atoms in total. The molecule has 0 atom stereocenters. The standard InChI is InChI=1S/C9H7FO4/c10-6-4-2-1-3-5(6)7(8(11)12)9(13)14/h1-4,7H,(H,11,12)(H,13,14). The summed E-state index contributed by atoms with van der Waals surface area (Å²) in [5.41, 5.74) is -0.340. The van der Waals surface area contributed by atoms with Crippen LogP contribution in [-0.2, 0) is 9.59 Å². The second-order valence-corrected chi connectivity index (χ2v) is 2.63. The van der Waals surface area contributed by atoms with Crippen molar-refractivity contribution in [2.24, 2.45) is 0 Å². The predicted molar refractivity (Wildman–Crippen MR) is 44.4 cm³/mol. The topological polar surface area (TPSA) is 74.6 Å². The number of benzene rings is 1. The lowest BCUT2D eigenvalue weighted by molar-refractivity contribution is -0.150. The number of hydrogen-bond acceptors (Lipinski definition) is 2. The first-order valence-electron chi connectivity index (χ1n) is 3.74. The minimum absolute atomic E-state index is 0.340. The van der Waals surface area contributed by atoms with E-state index in [0.29, 0.717) is 0 Å². The second-order valence-electron chi connectivity index (χ2n) is 2.63. The quantitative estimate of drug-likeness (QED) is 0.712. The minimum Gasteiger partial charge on any atom is -0.480 e. The van der Waals surface area contributed by atoms with Crippen molar-refractivity contribution in [3.63, 3.8) is 0 Å². The number of rotatable bonds is 3. The van der Waals surface area contributed by atoms with Crippen molar-refractivity contribution in [2.45, 2.75) is 5.92 Å². The SMILES string of the molecule is O=C(O)C(C(=O)O)c1ccccc1F. The van der Waals surface area contributed by atoms with Crippen molar-refractivity contribution in [3.05, 3.63) is 35.6 Å². The monoisotopic (exact) mass is 198 g/mol. The van der Waals surface area contributed by atoms with Gasteiger partial charge in [-0.3, -0.25) is 9.59 Å². The molecule has 0 heterocycles. The largest absolute Gasteiger partial charge is 0.480 e. The summed E-state index contributed by atoms with van der Waals surface area (Å²) in [4.78, 5) is 21.1. The Morgan fingerprint density at radius 2 is 1.64 bits per heavy atom. The zero-order valence-corrected chi connectivity index (χ0v) is 6.98. The van der Waals surface area contributed by atoms with Crippen LogP contribution in [0.5, 0.6) is 0 Å². The van der Waals surface area contributed by atoms with Crippen molar-refractivity contribution in [1.82, 2.24) is 0 Å². The van der Waals surface area contributed by atoms with Gasteiger partial charge in [-0.15, -0.1) is 0 Å². The van der Waals surface area contributed by atoms with E-state index in [4.69, 9.17) is 10.2 Å². The van der Waals surface area contributed by atoms with Gasteiger partial charge in [0.25, 0.3) is 0 Å². The van der Waals surface area contributed by atoms with Crippen LogP contribution in [0.15, 0.2) is 24.3 Å². The zero-order chi connectivity index (χ0) is 10.7.